The van der Waals surface area contributed by atoms with Crippen LogP contribution in [0.5, 0.6) is 0 Å². The summed E-state index contributed by atoms with van der Waals surface area (Å²) in [7, 11) is 0. The molecule has 2 aromatic heterocycles. The van der Waals surface area contributed by atoms with Crippen LogP contribution < -0.4 is 5.32 Å². The van der Waals surface area contributed by atoms with Gasteiger partial charge in [0.05, 0.1) is 11.8 Å². The number of hydrogen-bond acceptors (Lipinski definition) is 6. The number of carbonyl (C=O) groups excluding carboxylic acids is 2. The number of rotatable bonds is 7. The summed E-state index contributed by atoms with van der Waals surface area (Å²) >= 11 is 0. The Balaban J connectivity index is 1.51. The molecular formula is C22H30F3N7O3. The van der Waals surface area contributed by atoms with Gasteiger partial charge in [0, 0.05) is 44.0 Å². The van der Waals surface area contributed by atoms with Crippen LogP contribution in [-0.4, -0.2) is 78.0 Å². The Morgan fingerprint density at radius 1 is 1.23 bits per heavy atom. The molecule has 2 aromatic rings. The molecule has 2 N–H and O–H groups in total. The summed E-state index contributed by atoms with van der Waals surface area (Å²) in [6, 6.07) is -2.62. The maximum absolute atomic E-state index is 13.7. The normalized spacial score (nSPS) is 22.8. The molecular weight excluding hydrogens is 467 g/mol. The minimum Gasteiger partial charge on any atom is -0.391 e. The van der Waals surface area contributed by atoms with E-state index in [0.29, 0.717) is 5.92 Å². The number of alkyl halides is 3. The van der Waals surface area contributed by atoms with Crippen molar-refractivity contribution >= 4 is 11.8 Å². The standard InChI is InChI=1S/C22H30F3N7O3/c1-21(2,3)18(32-12-15(28-29-32)13-5-6-13)20(35)30-11-14(33)9-16(30)19(34)26-10-17(22(23,24)25)31-8-4-7-27-31/h4,7-8,12-14,16-18,33H,5-6,9-11H2,1-3H3,(H,26,34)/t14-,16+,17?,18-/m1/s1. The lowest BCUT2D eigenvalue weighted by Gasteiger charge is -2.34. The number of halogens is 3. The zero-order valence-corrected chi connectivity index (χ0v) is 19.8. The van der Waals surface area contributed by atoms with Crippen LogP contribution in [0.15, 0.2) is 24.7 Å². The van der Waals surface area contributed by atoms with Crippen LogP contribution in [0.2, 0.25) is 0 Å². The molecule has 10 nitrogen and oxygen atoms in total. The lowest BCUT2D eigenvalue weighted by atomic mass is 9.85. The summed E-state index contributed by atoms with van der Waals surface area (Å²) in [6.45, 7) is 4.71. The van der Waals surface area contributed by atoms with E-state index in [1.54, 1.807) is 6.20 Å². The Kier molecular flexibility index (Phi) is 6.64. The number of β-amino-alcohol motifs (C(OH)–C–C–N with tert-alkyl or cyclic N) is 1. The molecule has 0 spiro atoms. The molecule has 192 valence electrons. The van der Waals surface area contributed by atoms with Crippen molar-refractivity contribution in [3.8, 4) is 0 Å². The zero-order chi connectivity index (χ0) is 25.5. The third-order valence-corrected chi connectivity index (χ3v) is 6.40. The van der Waals surface area contributed by atoms with E-state index < -0.39 is 54.2 Å². The number of amides is 2. The van der Waals surface area contributed by atoms with Crippen LogP contribution in [0.25, 0.3) is 0 Å². The van der Waals surface area contributed by atoms with Crippen LogP contribution in [0.4, 0.5) is 13.2 Å². The molecule has 3 heterocycles. The molecule has 13 heteroatoms. The highest BCUT2D eigenvalue weighted by Gasteiger charge is 2.47. The molecule has 35 heavy (non-hydrogen) atoms. The first kappa shape index (κ1) is 25.1. The quantitative estimate of drug-likeness (QED) is 0.603. The maximum Gasteiger partial charge on any atom is 0.412 e. The van der Waals surface area contributed by atoms with Crippen molar-refractivity contribution in [2.45, 2.75) is 76.4 Å². The lowest BCUT2D eigenvalue weighted by molar-refractivity contribution is -0.170. The van der Waals surface area contributed by atoms with Crippen molar-refractivity contribution in [1.82, 2.24) is 35.0 Å². The largest absolute Gasteiger partial charge is 0.412 e. The van der Waals surface area contributed by atoms with Crippen LogP contribution in [0.3, 0.4) is 0 Å². The van der Waals surface area contributed by atoms with Crippen molar-refractivity contribution in [3.63, 3.8) is 0 Å². The van der Waals surface area contributed by atoms with Crippen molar-refractivity contribution in [3.05, 3.63) is 30.4 Å². The van der Waals surface area contributed by atoms with Crippen LogP contribution >= 0.6 is 0 Å². The Labute approximate surface area is 200 Å². The van der Waals surface area contributed by atoms with Crippen LogP contribution in [-0.2, 0) is 9.59 Å². The second kappa shape index (κ2) is 9.25. The van der Waals surface area contributed by atoms with E-state index in [2.05, 4.69) is 20.7 Å². The van der Waals surface area contributed by atoms with Gasteiger partial charge in [-0.25, -0.2) is 4.68 Å². The Morgan fingerprint density at radius 3 is 2.51 bits per heavy atom. The predicted molar refractivity (Wildman–Crippen MR) is 117 cm³/mol. The van der Waals surface area contributed by atoms with Gasteiger partial charge in [-0.15, -0.1) is 5.10 Å². The number of aliphatic hydroxyl groups is 1. The number of hydrogen-bond donors (Lipinski definition) is 2. The van der Waals surface area contributed by atoms with E-state index in [0.717, 1.165) is 23.2 Å². The highest BCUT2D eigenvalue weighted by atomic mass is 19.4. The first-order valence-electron chi connectivity index (χ1n) is 11.6. The first-order valence-corrected chi connectivity index (χ1v) is 11.6. The molecule has 0 aromatic carbocycles. The smallest absolute Gasteiger partial charge is 0.391 e. The molecule has 0 radical (unpaired) electrons. The van der Waals surface area contributed by atoms with Crippen molar-refractivity contribution in [1.29, 1.82) is 0 Å². The fourth-order valence-electron chi connectivity index (χ4n) is 4.47. The maximum atomic E-state index is 13.7. The fraction of sp³-hybridized carbons (Fsp3) is 0.682. The van der Waals surface area contributed by atoms with Gasteiger partial charge < -0.3 is 15.3 Å². The number of nitrogens with one attached hydrogen (secondary N) is 1. The summed E-state index contributed by atoms with van der Waals surface area (Å²) in [4.78, 5) is 27.9. The summed E-state index contributed by atoms with van der Waals surface area (Å²) < 4.78 is 42.8. The molecule has 2 amide bonds. The molecule has 0 bridgehead atoms. The Morgan fingerprint density at radius 2 is 1.94 bits per heavy atom. The van der Waals surface area contributed by atoms with Gasteiger partial charge in [0.2, 0.25) is 11.8 Å². The molecule has 1 aliphatic carbocycles. The molecule has 4 rings (SSSR count). The Hall–Kier alpha value is -2.96. The number of nitrogens with zero attached hydrogens (tertiary/aromatic N) is 6. The van der Waals surface area contributed by atoms with Gasteiger partial charge in [-0.05, 0) is 24.3 Å². The molecule has 2 fully saturated rings. The monoisotopic (exact) mass is 497 g/mol. The minimum absolute atomic E-state index is 0.0719. The van der Waals surface area contributed by atoms with Crippen molar-refractivity contribution < 1.29 is 27.9 Å². The van der Waals surface area contributed by atoms with Gasteiger partial charge in [0.15, 0.2) is 6.04 Å². The number of likely N-dealkylation sites (tertiary alicyclic amines) is 1. The van der Waals surface area contributed by atoms with E-state index in [4.69, 9.17) is 0 Å². The summed E-state index contributed by atoms with van der Waals surface area (Å²) in [5, 5.41) is 24.6. The number of aromatic nitrogens is 5. The highest BCUT2D eigenvalue weighted by molar-refractivity contribution is 5.90. The lowest BCUT2D eigenvalue weighted by Crippen LogP contribution is -2.51. The van der Waals surface area contributed by atoms with E-state index >= 15 is 0 Å². The predicted octanol–water partition coefficient (Wildman–Crippen LogP) is 1.82. The fourth-order valence-corrected chi connectivity index (χ4v) is 4.47. The summed E-state index contributed by atoms with van der Waals surface area (Å²) in [5.41, 5.74) is 0.196. The second-order valence-corrected chi connectivity index (χ2v) is 10.4. The second-order valence-electron chi connectivity index (χ2n) is 10.4. The van der Waals surface area contributed by atoms with Gasteiger partial charge in [-0.2, -0.15) is 18.3 Å². The van der Waals surface area contributed by atoms with Gasteiger partial charge in [0.25, 0.3) is 0 Å². The zero-order valence-electron chi connectivity index (χ0n) is 19.8. The van der Waals surface area contributed by atoms with Crippen molar-refractivity contribution in [2.24, 2.45) is 5.41 Å². The van der Waals surface area contributed by atoms with Crippen LogP contribution in [0, 0.1) is 5.41 Å². The number of carbonyl (C=O) groups is 2. The SMILES string of the molecule is CC(C)(C)[C@@H](C(=O)N1C[C@H](O)C[C@H]1C(=O)NCC(n1cccn1)C(F)(F)F)n1cc(C2CC2)nn1. The summed E-state index contributed by atoms with van der Waals surface area (Å²) in [6.07, 6.45) is 0.477. The Bertz CT molecular complexity index is 1040. The molecule has 1 aliphatic heterocycles. The molecule has 2 aliphatic rings. The molecule has 1 saturated carbocycles. The van der Waals surface area contributed by atoms with E-state index in [-0.39, 0.29) is 13.0 Å². The van der Waals surface area contributed by atoms with Crippen LogP contribution in [0.1, 0.15) is 63.7 Å². The van der Waals surface area contributed by atoms with E-state index in [1.165, 1.54) is 28.0 Å². The topological polar surface area (TPSA) is 118 Å². The van der Waals surface area contributed by atoms with Crippen molar-refractivity contribution in [2.75, 3.05) is 13.1 Å². The third-order valence-electron chi connectivity index (χ3n) is 6.40. The third kappa shape index (κ3) is 5.49. The van der Waals surface area contributed by atoms with E-state index in [1.807, 2.05) is 20.8 Å². The number of aliphatic hydroxyl groups excluding tert-OH is 1. The minimum atomic E-state index is -4.65. The van der Waals surface area contributed by atoms with Gasteiger partial charge in [-0.1, -0.05) is 26.0 Å². The average Bonchev–Trinajstić information content (AvgIpc) is 3.13. The van der Waals surface area contributed by atoms with E-state index in [9.17, 15) is 27.9 Å². The highest BCUT2D eigenvalue weighted by Crippen LogP contribution is 2.40. The molecule has 1 saturated heterocycles. The summed E-state index contributed by atoms with van der Waals surface area (Å²) in [5.74, 6) is -0.870. The van der Waals surface area contributed by atoms with Gasteiger partial charge in [-0.3, -0.25) is 14.3 Å². The first-order chi connectivity index (χ1) is 16.4. The molecule has 1 unspecified atom stereocenters. The molecule has 4 atom stereocenters. The average molecular weight is 498 g/mol. The van der Waals surface area contributed by atoms with Gasteiger partial charge in [0.1, 0.15) is 12.1 Å². The van der Waals surface area contributed by atoms with Gasteiger partial charge >= 0.3 is 6.18 Å².